The summed E-state index contributed by atoms with van der Waals surface area (Å²) in [6.45, 7) is 1.65. The van der Waals surface area contributed by atoms with E-state index in [1.54, 1.807) is 37.3 Å². The highest BCUT2D eigenvalue weighted by Gasteiger charge is 2.34. The lowest BCUT2D eigenvalue weighted by Crippen LogP contribution is -2.27. The number of furan rings is 1. The Balaban J connectivity index is 1.64. The Morgan fingerprint density at radius 2 is 2.03 bits per heavy atom. The third-order valence-corrected chi connectivity index (χ3v) is 6.21. The SMILES string of the molecule is Cc1c(-c2ccc(/C=C3/SC(=S)N(c4ccc(F)c(Cl)c4)C3=O)o2)cccc1[N+](=O)[O-]. The van der Waals surface area contributed by atoms with Crippen LogP contribution < -0.4 is 4.90 Å². The molecule has 0 aliphatic carbocycles. The molecule has 2 aromatic carbocycles. The van der Waals surface area contributed by atoms with Gasteiger partial charge in [-0.3, -0.25) is 19.8 Å². The predicted molar refractivity (Wildman–Crippen MR) is 123 cm³/mol. The molecule has 1 aromatic heterocycles. The van der Waals surface area contributed by atoms with Crippen LogP contribution in [0.2, 0.25) is 5.02 Å². The van der Waals surface area contributed by atoms with Gasteiger partial charge in [-0.2, -0.15) is 0 Å². The molecule has 31 heavy (non-hydrogen) atoms. The second-order valence-corrected chi connectivity index (χ2v) is 8.61. The topological polar surface area (TPSA) is 76.6 Å². The second kappa shape index (κ2) is 8.26. The molecule has 1 saturated heterocycles. The van der Waals surface area contributed by atoms with Crippen molar-refractivity contribution in [1.82, 2.24) is 0 Å². The van der Waals surface area contributed by atoms with Crippen molar-refractivity contribution in [2.75, 3.05) is 4.90 Å². The molecule has 0 N–H and O–H groups in total. The van der Waals surface area contributed by atoms with Crippen molar-refractivity contribution >= 4 is 63.3 Å². The molecular formula is C21H12ClFN2O4S2. The molecule has 3 aromatic rings. The van der Waals surface area contributed by atoms with Crippen LogP contribution in [-0.4, -0.2) is 15.2 Å². The van der Waals surface area contributed by atoms with Crippen molar-refractivity contribution in [3.63, 3.8) is 0 Å². The predicted octanol–water partition coefficient (Wildman–Crippen LogP) is 6.36. The van der Waals surface area contributed by atoms with E-state index in [9.17, 15) is 19.3 Å². The van der Waals surface area contributed by atoms with E-state index in [4.69, 9.17) is 28.2 Å². The van der Waals surface area contributed by atoms with E-state index in [-0.39, 0.29) is 20.9 Å². The van der Waals surface area contributed by atoms with Gasteiger partial charge in [-0.05, 0) is 37.3 Å². The van der Waals surface area contributed by atoms with Gasteiger partial charge in [-0.25, -0.2) is 4.39 Å². The van der Waals surface area contributed by atoms with Crippen LogP contribution in [0.15, 0.2) is 57.9 Å². The van der Waals surface area contributed by atoms with E-state index >= 15 is 0 Å². The Morgan fingerprint density at radius 3 is 2.74 bits per heavy atom. The van der Waals surface area contributed by atoms with E-state index in [0.29, 0.717) is 33.2 Å². The monoisotopic (exact) mass is 474 g/mol. The van der Waals surface area contributed by atoms with Gasteiger partial charge in [0.1, 0.15) is 17.3 Å². The van der Waals surface area contributed by atoms with Gasteiger partial charge in [-0.1, -0.05) is 47.7 Å². The quantitative estimate of drug-likeness (QED) is 0.189. The van der Waals surface area contributed by atoms with Crippen molar-refractivity contribution < 1.29 is 18.5 Å². The Bertz CT molecular complexity index is 1290. The summed E-state index contributed by atoms with van der Waals surface area (Å²) in [5.74, 6) is -0.153. The fraction of sp³-hybridized carbons (Fsp3) is 0.0476. The molecule has 6 nitrogen and oxygen atoms in total. The molecule has 1 fully saturated rings. The van der Waals surface area contributed by atoms with Crippen molar-refractivity contribution in [1.29, 1.82) is 0 Å². The Hall–Kier alpha value is -3.01. The van der Waals surface area contributed by atoms with E-state index in [0.717, 1.165) is 11.8 Å². The molecule has 1 aliphatic heterocycles. The average molecular weight is 475 g/mol. The number of carbonyl (C=O) groups excluding carboxylic acids is 1. The lowest BCUT2D eigenvalue weighted by molar-refractivity contribution is -0.385. The number of benzene rings is 2. The smallest absolute Gasteiger partial charge is 0.273 e. The van der Waals surface area contributed by atoms with Crippen LogP contribution in [-0.2, 0) is 4.79 Å². The van der Waals surface area contributed by atoms with E-state index in [1.165, 1.54) is 29.2 Å². The molecule has 0 bridgehead atoms. The molecule has 0 unspecified atom stereocenters. The number of nitro benzene ring substituents is 1. The van der Waals surface area contributed by atoms with Gasteiger partial charge < -0.3 is 4.42 Å². The summed E-state index contributed by atoms with van der Waals surface area (Å²) in [5.41, 5.74) is 1.43. The number of nitro groups is 1. The van der Waals surface area contributed by atoms with Gasteiger partial charge in [0.15, 0.2) is 4.32 Å². The zero-order chi connectivity index (χ0) is 22.3. The summed E-state index contributed by atoms with van der Waals surface area (Å²) in [7, 11) is 0. The second-order valence-electron chi connectivity index (χ2n) is 6.52. The average Bonchev–Trinajstić information content (AvgIpc) is 3.29. The first-order chi connectivity index (χ1) is 14.8. The highest BCUT2D eigenvalue weighted by atomic mass is 35.5. The Morgan fingerprint density at radius 1 is 1.26 bits per heavy atom. The third-order valence-electron chi connectivity index (χ3n) is 4.62. The fourth-order valence-corrected chi connectivity index (χ4v) is 4.56. The molecule has 2 heterocycles. The number of carbonyl (C=O) groups is 1. The van der Waals surface area contributed by atoms with E-state index < -0.39 is 10.7 Å². The number of thioether (sulfide) groups is 1. The minimum Gasteiger partial charge on any atom is -0.457 e. The summed E-state index contributed by atoms with van der Waals surface area (Å²) in [6.07, 6.45) is 1.54. The van der Waals surface area contributed by atoms with Crippen molar-refractivity contribution in [3.05, 3.63) is 85.7 Å². The Kier molecular flexibility index (Phi) is 5.65. The van der Waals surface area contributed by atoms with Gasteiger partial charge in [0, 0.05) is 23.3 Å². The highest BCUT2D eigenvalue weighted by Crippen LogP contribution is 2.38. The summed E-state index contributed by atoms with van der Waals surface area (Å²) in [4.78, 5) is 25.2. The number of nitrogens with zero attached hydrogens (tertiary/aromatic N) is 2. The van der Waals surface area contributed by atoms with Crippen LogP contribution in [0.3, 0.4) is 0 Å². The fourth-order valence-electron chi connectivity index (χ4n) is 3.11. The largest absolute Gasteiger partial charge is 0.457 e. The number of hydrogen-bond acceptors (Lipinski definition) is 6. The number of halogens is 2. The van der Waals surface area contributed by atoms with E-state index in [1.807, 2.05) is 0 Å². The minimum atomic E-state index is -0.592. The maximum absolute atomic E-state index is 13.4. The van der Waals surface area contributed by atoms with Gasteiger partial charge >= 0.3 is 0 Å². The number of anilines is 1. The standard InChI is InChI=1S/C21H12ClFN2O4S2/c1-11-14(3-2-4-17(11)25(27)28)18-8-6-13(29-18)10-19-20(26)24(21(30)31-19)12-5-7-16(23)15(22)9-12/h2-10H,1H3/b19-10+. The van der Waals surface area contributed by atoms with Gasteiger partial charge in [0.25, 0.3) is 11.6 Å². The number of rotatable bonds is 4. The summed E-state index contributed by atoms with van der Waals surface area (Å²) < 4.78 is 19.5. The lowest BCUT2D eigenvalue weighted by Gasteiger charge is -2.14. The number of thiocarbonyl (C=S) groups is 1. The van der Waals surface area contributed by atoms with Crippen LogP contribution in [0.25, 0.3) is 17.4 Å². The molecule has 0 radical (unpaired) electrons. The van der Waals surface area contributed by atoms with Crippen molar-refractivity contribution in [2.24, 2.45) is 0 Å². The molecule has 1 amide bonds. The lowest BCUT2D eigenvalue weighted by atomic mass is 10.1. The first-order valence-electron chi connectivity index (χ1n) is 8.83. The molecule has 0 spiro atoms. The van der Waals surface area contributed by atoms with Gasteiger partial charge in [0.05, 0.1) is 20.5 Å². The maximum Gasteiger partial charge on any atom is 0.273 e. The number of amides is 1. The Labute approximate surface area is 190 Å². The van der Waals surface area contributed by atoms with E-state index in [2.05, 4.69) is 0 Å². The summed E-state index contributed by atoms with van der Waals surface area (Å²) in [5, 5.41) is 11.1. The van der Waals surface area contributed by atoms with Crippen molar-refractivity contribution in [2.45, 2.75) is 6.92 Å². The first-order valence-corrected chi connectivity index (χ1v) is 10.4. The van der Waals surface area contributed by atoms with Crippen LogP contribution in [0.4, 0.5) is 15.8 Å². The van der Waals surface area contributed by atoms with Crippen LogP contribution in [0.1, 0.15) is 11.3 Å². The van der Waals surface area contributed by atoms with Crippen LogP contribution in [0, 0.1) is 22.9 Å². The molecule has 0 saturated carbocycles. The van der Waals surface area contributed by atoms with Crippen molar-refractivity contribution in [3.8, 4) is 11.3 Å². The maximum atomic E-state index is 13.4. The zero-order valence-corrected chi connectivity index (χ0v) is 18.2. The van der Waals surface area contributed by atoms with Gasteiger partial charge in [-0.15, -0.1) is 0 Å². The summed E-state index contributed by atoms with van der Waals surface area (Å²) in [6, 6.07) is 12.0. The molecular weight excluding hydrogens is 463 g/mol. The molecule has 4 rings (SSSR count). The normalized spacial score (nSPS) is 15.2. The molecule has 1 aliphatic rings. The molecule has 10 heteroatoms. The summed E-state index contributed by atoms with van der Waals surface area (Å²) >= 11 is 12.2. The minimum absolute atomic E-state index is 0.00530. The van der Waals surface area contributed by atoms with Crippen LogP contribution in [0.5, 0.6) is 0 Å². The molecule has 0 atom stereocenters. The molecule has 156 valence electrons. The van der Waals surface area contributed by atoms with Crippen LogP contribution >= 0.6 is 35.6 Å². The van der Waals surface area contributed by atoms with Gasteiger partial charge in [0.2, 0.25) is 0 Å². The number of hydrogen-bond donors (Lipinski definition) is 0. The third kappa shape index (κ3) is 3.99. The highest BCUT2D eigenvalue weighted by molar-refractivity contribution is 8.27. The first kappa shape index (κ1) is 21.2. The zero-order valence-electron chi connectivity index (χ0n) is 15.8.